The molecular weight excluding hydrogens is 294 g/mol. The van der Waals surface area contributed by atoms with Gasteiger partial charge in [0.05, 0.1) is 0 Å². The first-order chi connectivity index (χ1) is 7.43. The molecule has 0 bridgehead atoms. The number of nitrogen functional groups attached to an aromatic ring is 1. The molecule has 16 heavy (non-hydrogen) atoms. The molecule has 0 radical (unpaired) electrons. The molecule has 1 saturated carbocycles. The Bertz CT molecular complexity index is 513. The van der Waals surface area contributed by atoms with Crippen molar-refractivity contribution < 1.29 is 8.42 Å². The number of rotatable bonds is 3. The van der Waals surface area contributed by atoms with E-state index in [1.807, 2.05) is 0 Å². The zero-order chi connectivity index (χ0) is 11.9. The number of halogens is 1. The molecule has 5 nitrogen and oxygen atoms in total. The maximum atomic E-state index is 12.2. The summed E-state index contributed by atoms with van der Waals surface area (Å²) >= 11 is 3.19. The Labute approximate surface area is 103 Å². The third-order valence-electron chi connectivity index (χ3n) is 2.57. The number of nitrogens with two attached hydrogens (primary N) is 1. The minimum absolute atomic E-state index is 0.0377. The van der Waals surface area contributed by atoms with Gasteiger partial charge in [0.15, 0.2) is 0 Å². The van der Waals surface area contributed by atoms with Gasteiger partial charge in [-0.1, -0.05) is 0 Å². The van der Waals surface area contributed by atoms with Crippen molar-refractivity contribution in [3.63, 3.8) is 0 Å². The topological polar surface area (TPSA) is 76.3 Å². The number of anilines is 1. The lowest BCUT2D eigenvalue weighted by atomic mass is 10.5. The molecule has 0 atom stereocenters. The molecule has 88 valence electrons. The molecule has 1 aliphatic rings. The summed E-state index contributed by atoms with van der Waals surface area (Å²) in [6, 6.07) is 1.60. The van der Waals surface area contributed by atoms with E-state index in [0.29, 0.717) is 4.47 Å². The maximum absolute atomic E-state index is 12.2. The molecule has 0 saturated heterocycles. The third-order valence-corrected chi connectivity index (χ3v) is 4.94. The highest BCUT2D eigenvalue weighted by Crippen LogP contribution is 2.32. The summed E-state index contributed by atoms with van der Waals surface area (Å²) in [6.07, 6.45) is 3.31. The molecule has 0 aromatic carbocycles. The van der Waals surface area contributed by atoms with Gasteiger partial charge < -0.3 is 5.73 Å². The average Bonchev–Trinajstić information content (AvgIpc) is 3.04. The summed E-state index contributed by atoms with van der Waals surface area (Å²) in [5.74, 6) is 0.0377. The fourth-order valence-corrected chi connectivity index (χ4v) is 3.42. The molecule has 0 spiro atoms. The molecule has 1 aliphatic carbocycles. The molecule has 7 heteroatoms. The van der Waals surface area contributed by atoms with Crippen molar-refractivity contribution >= 4 is 31.8 Å². The lowest BCUT2D eigenvalue weighted by Crippen LogP contribution is -2.29. The van der Waals surface area contributed by atoms with Crippen molar-refractivity contribution in [1.29, 1.82) is 0 Å². The van der Waals surface area contributed by atoms with Gasteiger partial charge in [0.25, 0.3) is 0 Å². The molecule has 2 N–H and O–H groups in total. The molecule has 1 fully saturated rings. The maximum Gasteiger partial charge on any atom is 0.246 e. The van der Waals surface area contributed by atoms with Crippen LogP contribution in [0.4, 0.5) is 5.82 Å². The van der Waals surface area contributed by atoms with E-state index in [0.717, 1.165) is 12.8 Å². The van der Waals surface area contributed by atoms with Crippen molar-refractivity contribution in [3.05, 3.63) is 16.7 Å². The number of sulfonamides is 1. The molecule has 2 rings (SSSR count). The van der Waals surface area contributed by atoms with Gasteiger partial charge in [0, 0.05) is 23.8 Å². The monoisotopic (exact) mass is 305 g/mol. The Morgan fingerprint density at radius 1 is 1.56 bits per heavy atom. The van der Waals surface area contributed by atoms with Crippen LogP contribution < -0.4 is 5.73 Å². The van der Waals surface area contributed by atoms with Gasteiger partial charge >= 0.3 is 0 Å². The van der Waals surface area contributed by atoms with E-state index in [1.165, 1.54) is 16.6 Å². The van der Waals surface area contributed by atoms with Gasteiger partial charge in [-0.15, -0.1) is 0 Å². The lowest BCUT2D eigenvalue weighted by molar-refractivity contribution is 0.464. The quantitative estimate of drug-likeness (QED) is 0.910. The fourth-order valence-electron chi connectivity index (χ4n) is 1.43. The van der Waals surface area contributed by atoms with E-state index in [-0.39, 0.29) is 16.8 Å². The van der Waals surface area contributed by atoms with Crippen LogP contribution in [0.5, 0.6) is 0 Å². The predicted molar refractivity (Wildman–Crippen MR) is 64.3 cm³/mol. The molecule has 0 unspecified atom stereocenters. The van der Waals surface area contributed by atoms with Gasteiger partial charge in [-0.2, -0.15) is 4.31 Å². The standard InChI is InChI=1S/C9H12BrN3O2S/c1-13(7-2-3-7)16(14,15)8-4-6(10)5-12-9(8)11/h4-5,7H,2-3H2,1H3,(H2,11,12). The Kier molecular flexibility index (Phi) is 2.93. The first-order valence-electron chi connectivity index (χ1n) is 4.82. The summed E-state index contributed by atoms with van der Waals surface area (Å²) in [6.45, 7) is 0. The van der Waals surface area contributed by atoms with E-state index < -0.39 is 10.0 Å². The minimum atomic E-state index is -3.51. The second-order valence-corrected chi connectivity index (χ2v) is 6.67. The molecule has 1 aromatic heterocycles. The van der Waals surface area contributed by atoms with Crippen LogP contribution in [0.2, 0.25) is 0 Å². The SMILES string of the molecule is CN(C1CC1)S(=O)(=O)c1cc(Br)cnc1N. The fraction of sp³-hybridized carbons (Fsp3) is 0.444. The first kappa shape index (κ1) is 11.8. The van der Waals surface area contributed by atoms with Gasteiger partial charge in [-0.25, -0.2) is 13.4 Å². The largest absolute Gasteiger partial charge is 0.383 e. The molecule has 0 amide bonds. The third kappa shape index (κ3) is 2.07. The molecule has 0 aliphatic heterocycles. The summed E-state index contributed by atoms with van der Waals surface area (Å²) in [5.41, 5.74) is 5.60. The van der Waals surface area contributed by atoms with Crippen molar-refractivity contribution in [3.8, 4) is 0 Å². The highest BCUT2D eigenvalue weighted by molar-refractivity contribution is 9.10. The Balaban J connectivity index is 2.45. The van der Waals surface area contributed by atoms with Crippen molar-refractivity contribution in [2.24, 2.45) is 0 Å². The lowest BCUT2D eigenvalue weighted by Gasteiger charge is -2.17. The first-order valence-corrected chi connectivity index (χ1v) is 7.05. The van der Waals surface area contributed by atoms with Gasteiger partial charge in [-0.05, 0) is 34.8 Å². The van der Waals surface area contributed by atoms with Crippen LogP contribution in [-0.4, -0.2) is 30.8 Å². The second-order valence-electron chi connectivity index (χ2n) is 3.79. The number of hydrogen-bond donors (Lipinski definition) is 1. The number of pyridine rings is 1. The van der Waals surface area contributed by atoms with Crippen LogP contribution in [0.3, 0.4) is 0 Å². The Hall–Kier alpha value is -0.660. The molecule has 1 heterocycles. The Morgan fingerprint density at radius 3 is 2.75 bits per heavy atom. The summed E-state index contributed by atoms with van der Waals surface area (Å²) in [7, 11) is -1.94. The highest BCUT2D eigenvalue weighted by atomic mass is 79.9. The number of nitrogens with zero attached hydrogens (tertiary/aromatic N) is 2. The van der Waals surface area contributed by atoms with Crippen LogP contribution in [0.25, 0.3) is 0 Å². The van der Waals surface area contributed by atoms with Gasteiger partial charge in [0.1, 0.15) is 10.7 Å². The van der Waals surface area contributed by atoms with Crippen LogP contribution >= 0.6 is 15.9 Å². The summed E-state index contributed by atoms with van der Waals surface area (Å²) < 4.78 is 26.3. The van der Waals surface area contributed by atoms with E-state index >= 15 is 0 Å². The second kappa shape index (κ2) is 3.97. The smallest absolute Gasteiger partial charge is 0.246 e. The van der Waals surface area contributed by atoms with E-state index in [2.05, 4.69) is 20.9 Å². The van der Waals surface area contributed by atoms with E-state index in [4.69, 9.17) is 5.73 Å². The highest BCUT2D eigenvalue weighted by Gasteiger charge is 2.36. The van der Waals surface area contributed by atoms with E-state index in [9.17, 15) is 8.42 Å². The van der Waals surface area contributed by atoms with Gasteiger partial charge in [-0.3, -0.25) is 0 Å². The molecule has 1 aromatic rings. The average molecular weight is 306 g/mol. The summed E-state index contributed by atoms with van der Waals surface area (Å²) in [4.78, 5) is 3.90. The minimum Gasteiger partial charge on any atom is -0.383 e. The van der Waals surface area contributed by atoms with Crippen LogP contribution in [0, 0.1) is 0 Å². The zero-order valence-electron chi connectivity index (χ0n) is 8.72. The number of hydrogen-bond acceptors (Lipinski definition) is 4. The normalized spacial score (nSPS) is 16.7. The van der Waals surface area contributed by atoms with Crippen molar-refractivity contribution in [2.45, 2.75) is 23.8 Å². The van der Waals surface area contributed by atoms with Crippen molar-refractivity contribution in [1.82, 2.24) is 9.29 Å². The van der Waals surface area contributed by atoms with Crippen molar-refractivity contribution in [2.75, 3.05) is 12.8 Å². The number of aromatic nitrogens is 1. The van der Waals surface area contributed by atoms with Crippen LogP contribution in [0.1, 0.15) is 12.8 Å². The zero-order valence-corrected chi connectivity index (χ0v) is 11.1. The predicted octanol–water partition coefficient (Wildman–Crippen LogP) is 1.21. The summed E-state index contributed by atoms with van der Waals surface area (Å²) in [5, 5.41) is 0. The van der Waals surface area contributed by atoms with Crippen LogP contribution in [-0.2, 0) is 10.0 Å². The van der Waals surface area contributed by atoms with Crippen LogP contribution in [0.15, 0.2) is 21.6 Å². The van der Waals surface area contributed by atoms with Gasteiger partial charge in [0.2, 0.25) is 10.0 Å². The van der Waals surface area contributed by atoms with E-state index in [1.54, 1.807) is 7.05 Å². The molecular formula is C9H12BrN3O2S. The Morgan fingerprint density at radius 2 is 2.19 bits per heavy atom.